The lowest BCUT2D eigenvalue weighted by Crippen LogP contribution is -2.50. The second-order valence-electron chi connectivity index (χ2n) is 7.72. The molecule has 2 aliphatic rings. The quantitative estimate of drug-likeness (QED) is 0.783. The van der Waals surface area contributed by atoms with Gasteiger partial charge in [0.15, 0.2) is 5.11 Å². The van der Waals surface area contributed by atoms with Crippen LogP contribution in [0.15, 0.2) is 41.0 Å². The van der Waals surface area contributed by atoms with Gasteiger partial charge in [0, 0.05) is 23.8 Å². The van der Waals surface area contributed by atoms with Crippen LogP contribution in [0.4, 0.5) is 5.69 Å². The third kappa shape index (κ3) is 3.79. The van der Waals surface area contributed by atoms with Crippen LogP contribution in [0.25, 0.3) is 0 Å². The fraction of sp³-hybridized carbons (Fsp3) is 0.476. The highest BCUT2D eigenvalue weighted by atomic mass is 32.1. The molecule has 0 saturated carbocycles. The van der Waals surface area contributed by atoms with Crippen molar-refractivity contribution in [1.82, 2.24) is 10.2 Å². The van der Waals surface area contributed by atoms with Crippen LogP contribution < -0.4 is 10.6 Å². The van der Waals surface area contributed by atoms with Crippen molar-refractivity contribution in [2.24, 2.45) is 0 Å². The molecule has 1 aromatic heterocycles. The smallest absolute Gasteiger partial charge is 0.171 e. The lowest BCUT2D eigenvalue weighted by atomic mass is 9.97. The average Bonchev–Trinajstić information content (AvgIpc) is 3.18. The number of piperidine rings is 1. The SMILES string of the molecule is Cc1ccc(C)c(NC(=S)NC2C[C@H]3CC[C@H](C2)N3Cc2ccco2)c1. The van der Waals surface area contributed by atoms with Crippen LogP contribution >= 0.6 is 12.2 Å². The van der Waals surface area contributed by atoms with Crippen molar-refractivity contribution in [3.05, 3.63) is 53.5 Å². The molecule has 0 amide bonds. The van der Waals surface area contributed by atoms with Crippen LogP contribution in [0.1, 0.15) is 42.6 Å². The number of rotatable bonds is 4. The molecule has 4 rings (SSSR count). The van der Waals surface area contributed by atoms with E-state index in [0.717, 1.165) is 35.9 Å². The lowest BCUT2D eigenvalue weighted by molar-refractivity contribution is 0.106. The Kier molecular flexibility index (Phi) is 5.00. The second-order valence-corrected chi connectivity index (χ2v) is 8.13. The van der Waals surface area contributed by atoms with E-state index in [9.17, 15) is 0 Å². The van der Waals surface area contributed by atoms with Gasteiger partial charge in [-0.05, 0) is 81.1 Å². The van der Waals surface area contributed by atoms with Crippen molar-refractivity contribution in [2.45, 2.75) is 64.2 Å². The molecule has 2 aromatic rings. The van der Waals surface area contributed by atoms with E-state index < -0.39 is 0 Å². The predicted molar refractivity (Wildman–Crippen MR) is 109 cm³/mol. The first-order chi connectivity index (χ1) is 12.6. The van der Waals surface area contributed by atoms with Gasteiger partial charge in [0.1, 0.15) is 5.76 Å². The van der Waals surface area contributed by atoms with E-state index in [0.29, 0.717) is 18.1 Å². The summed E-state index contributed by atoms with van der Waals surface area (Å²) in [7, 11) is 0. The number of benzene rings is 1. The van der Waals surface area contributed by atoms with Crippen LogP contribution in [0.3, 0.4) is 0 Å². The highest BCUT2D eigenvalue weighted by Crippen LogP contribution is 2.37. The summed E-state index contributed by atoms with van der Waals surface area (Å²) >= 11 is 5.59. The Labute approximate surface area is 161 Å². The van der Waals surface area contributed by atoms with Crippen molar-refractivity contribution in [3.8, 4) is 0 Å². The van der Waals surface area contributed by atoms with E-state index in [1.165, 1.54) is 24.0 Å². The summed E-state index contributed by atoms with van der Waals surface area (Å²) in [6.45, 7) is 5.14. The Morgan fingerprint density at radius 3 is 2.65 bits per heavy atom. The Morgan fingerprint density at radius 1 is 1.19 bits per heavy atom. The standard InChI is InChI=1S/C21H27N3OS/c1-14-5-6-15(2)20(10-14)23-21(26)22-16-11-17-7-8-18(12-16)24(17)13-19-4-3-9-25-19/h3-6,9-10,16-18H,7-8,11-13H2,1-2H3,(H2,22,23,26)/t17-,18-/m1/s1. The van der Waals surface area contributed by atoms with Crippen molar-refractivity contribution >= 4 is 23.0 Å². The maximum Gasteiger partial charge on any atom is 0.171 e. The highest BCUT2D eigenvalue weighted by molar-refractivity contribution is 7.80. The first-order valence-electron chi connectivity index (χ1n) is 9.51. The van der Waals surface area contributed by atoms with Gasteiger partial charge >= 0.3 is 0 Å². The molecule has 0 unspecified atom stereocenters. The summed E-state index contributed by atoms with van der Waals surface area (Å²) in [4.78, 5) is 2.62. The van der Waals surface area contributed by atoms with Crippen molar-refractivity contribution in [2.75, 3.05) is 5.32 Å². The molecule has 0 spiro atoms. The minimum absolute atomic E-state index is 0.450. The molecule has 1 aromatic carbocycles. The number of nitrogens with one attached hydrogen (secondary N) is 2. The molecular weight excluding hydrogens is 342 g/mol. The number of hydrogen-bond acceptors (Lipinski definition) is 3. The zero-order valence-corrected chi connectivity index (χ0v) is 16.3. The van der Waals surface area contributed by atoms with Gasteiger partial charge in [0.25, 0.3) is 0 Å². The second kappa shape index (κ2) is 7.41. The zero-order valence-electron chi connectivity index (χ0n) is 15.5. The monoisotopic (exact) mass is 369 g/mol. The number of anilines is 1. The van der Waals surface area contributed by atoms with Gasteiger partial charge in [-0.1, -0.05) is 12.1 Å². The molecule has 2 N–H and O–H groups in total. The topological polar surface area (TPSA) is 40.4 Å². The van der Waals surface area contributed by atoms with Gasteiger partial charge in [-0.15, -0.1) is 0 Å². The Morgan fingerprint density at radius 2 is 1.96 bits per heavy atom. The molecule has 2 saturated heterocycles. The van der Waals surface area contributed by atoms with Crippen LogP contribution in [-0.4, -0.2) is 28.1 Å². The van der Waals surface area contributed by atoms with Gasteiger partial charge in [-0.2, -0.15) is 0 Å². The average molecular weight is 370 g/mol. The molecule has 2 bridgehead atoms. The number of nitrogens with zero attached hydrogens (tertiary/aromatic N) is 1. The normalized spacial score (nSPS) is 25.2. The summed E-state index contributed by atoms with van der Waals surface area (Å²) in [6.07, 6.45) is 6.61. The van der Waals surface area contributed by atoms with Crippen LogP contribution in [0.2, 0.25) is 0 Å². The molecular formula is C21H27N3OS. The van der Waals surface area contributed by atoms with Crippen LogP contribution in [0.5, 0.6) is 0 Å². The van der Waals surface area contributed by atoms with Crippen molar-refractivity contribution in [1.29, 1.82) is 0 Å². The summed E-state index contributed by atoms with van der Waals surface area (Å²) in [6, 6.07) is 12.2. The highest BCUT2D eigenvalue weighted by Gasteiger charge is 2.41. The van der Waals surface area contributed by atoms with Gasteiger partial charge in [0.2, 0.25) is 0 Å². The van der Waals surface area contributed by atoms with E-state index >= 15 is 0 Å². The molecule has 4 nitrogen and oxygen atoms in total. The summed E-state index contributed by atoms with van der Waals surface area (Å²) in [5, 5.41) is 7.69. The third-order valence-electron chi connectivity index (χ3n) is 5.78. The third-order valence-corrected chi connectivity index (χ3v) is 6.00. The Hall–Kier alpha value is -1.85. The van der Waals surface area contributed by atoms with Gasteiger partial charge in [0.05, 0.1) is 12.8 Å². The molecule has 138 valence electrons. The summed E-state index contributed by atoms with van der Waals surface area (Å²) in [5.74, 6) is 1.07. The van der Waals surface area contributed by atoms with Gasteiger partial charge in [-0.25, -0.2) is 0 Å². The number of furan rings is 1. The summed E-state index contributed by atoms with van der Waals surface area (Å²) < 4.78 is 5.55. The number of fused-ring (bicyclic) bond motifs is 2. The van der Waals surface area contributed by atoms with E-state index in [-0.39, 0.29) is 0 Å². The van der Waals surface area contributed by atoms with E-state index in [1.807, 2.05) is 6.07 Å². The van der Waals surface area contributed by atoms with Crippen molar-refractivity contribution in [3.63, 3.8) is 0 Å². The lowest BCUT2D eigenvalue weighted by Gasteiger charge is -2.39. The largest absolute Gasteiger partial charge is 0.468 e. The number of hydrogen-bond donors (Lipinski definition) is 2. The molecule has 2 atom stereocenters. The Bertz CT molecular complexity index is 760. The minimum Gasteiger partial charge on any atom is -0.468 e. The van der Waals surface area contributed by atoms with Crippen LogP contribution in [0, 0.1) is 13.8 Å². The zero-order chi connectivity index (χ0) is 18.1. The van der Waals surface area contributed by atoms with E-state index in [2.05, 4.69) is 53.6 Å². The minimum atomic E-state index is 0.450. The first kappa shape index (κ1) is 17.6. The van der Waals surface area contributed by atoms with Crippen molar-refractivity contribution < 1.29 is 4.42 Å². The van der Waals surface area contributed by atoms with Crippen LogP contribution in [-0.2, 0) is 6.54 Å². The molecule has 0 radical (unpaired) electrons. The predicted octanol–water partition coefficient (Wildman–Crippen LogP) is 4.38. The molecule has 0 aliphatic carbocycles. The van der Waals surface area contributed by atoms with E-state index in [1.54, 1.807) is 6.26 Å². The maximum absolute atomic E-state index is 5.59. The van der Waals surface area contributed by atoms with Gasteiger partial charge < -0.3 is 15.1 Å². The number of thiocarbonyl (C=S) groups is 1. The number of aryl methyl sites for hydroxylation is 2. The van der Waals surface area contributed by atoms with Gasteiger partial charge in [-0.3, -0.25) is 4.90 Å². The van der Waals surface area contributed by atoms with E-state index in [4.69, 9.17) is 16.6 Å². The first-order valence-corrected chi connectivity index (χ1v) is 9.92. The molecule has 26 heavy (non-hydrogen) atoms. The molecule has 2 aliphatic heterocycles. The fourth-order valence-electron chi connectivity index (χ4n) is 4.45. The maximum atomic E-state index is 5.59. The fourth-order valence-corrected chi connectivity index (χ4v) is 4.72. The summed E-state index contributed by atoms with van der Waals surface area (Å²) in [5.41, 5.74) is 3.55. The Balaban J connectivity index is 1.34. The molecule has 3 heterocycles. The molecule has 2 fully saturated rings. The molecule has 5 heteroatoms.